The van der Waals surface area contributed by atoms with Crippen molar-refractivity contribution in [1.29, 1.82) is 0 Å². The summed E-state index contributed by atoms with van der Waals surface area (Å²) in [6, 6.07) is 12.0. The van der Waals surface area contributed by atoms with Crippen LogP contribution in [0, 0.1) is 0 Å². The molecule has 2 heterocycles. The maximum Gasteiger partial charge on any atom is 0.254 e. The number of pyridine rings is 1. The molecule has 1 saturated carbocycles. The quantitative estimate of drug-likeness (QED) is 0.373. The number of hydrogen-bond donors (Lipinski definition) is 0. The molecule has 2 aromatic heterocycles. The predicted molar refractivity (Wildman–Crippen MR) is 123 cm³/mol. The summed E-state index contributed by atoms with van der Waals surface area (Å²) >= 11 is 3.49. The van der Waals surface area contributed by atoms with Gasteiger partial charge in [0, 0.05) is 28.8 Å². The van der Waals surface area contributed by atoms with Crippen molar-refractivity contribution in [3.63, 3.8) is 0 Å². The molecule has 0 radical (unpaired) electrons. The number of carbonyl (C=O) groups excluding carboxylic acids is 1. The Hall–Kier alpha value is -2.21. The molecule has 1 aliphatic carbocycles. The lowest BCUT2D eigenvalue weighted by atomic mass is 10.1. The van der Waals surface area contributed by atoms with E-state index in [4.69, 9.17) is 4.98 Å². The maximum absolute atomic E-state index is 13.4. The van der Waals surface area contributed by atoms with Crippen molar-refractivity contribution in [2.75, 3.05) is 6.54 Å². The molecular weight excluding hydrogens is 440 g/mol. The van der Waals surface area contributed by atoms with E-state index in [1.807, 2.05) is 47.5 Å². The van der Waals surface area contributed by atoms with Gasteiger partial charge in [0.2, 0.25) is 0 Å². The van der Waals surface area contributed by atoms with Gasteiger partial charge in [0.15, 0.2) is 5.65 Å². The van der Waals surface area contributed by atoms with E-state index in [9.17, 15) is 4.79 Å². The summed E-state index contributed by atoms with van der Waals surface area (Å²) in [4.78, 5) is 24.9. The molecule has 1 amide bonds. The summed E-state index contributed by atoms with van der Waals surface area (Å²) in [5, 5.41) is 0. The zero-order chi connectivity index (χ0) is 20.9. The fourth-order valence-electron chi connectivity index (χ4n) is 4.41. The monoisotopic (exact) mass is 468 g/mol. The van der Waals surface area contributed by atoms with Crippen molar-refractivity contribution < 1.29 is 4.79 Å². The number of carbonyl (C=O) groups is 1. The van der Waals surface area contributed by atoms with Crippen molar-refractivity contribution >= 4 is 33.0 Å². The van der Waals surface area contributed by atoms with Gasteiger partial charge in [0.1, 0.15) is 11.3 Å². The first-order valence-corrected chi connectivity index (χ1v) is 11.8. The molecule has 6 heteroatoms. The fraction of sp³-hybridized carbons (Fsp3) is 0.458. The Labute approximate surface area is 186 Å². The Morgan fingerprint density at radius 3 is 2.80 bits per heavy atom. The number of fused-ring (bicyclic) bond motifs is 1. The van der Waals surface area contributed by atoms with E-state index in [-0.39, 0.29) is 5.91 Å². The lowest BCUT2D eigenvalue weighted by Crippen LogP contribution is -2.33. The van der Waals surface area contributed by atoms with Crippen molar-refractivity contribution in [1.82, 2.24) is 19.4 Å². The van der Waals surface area contributed by atoms with Crippen LogP contribution in [0.1, 0.15) is 74.1 Å². The molecule has 1 aromatic carbocycles. The van der Waals surface area contributed by atoms with E-state index in [0.717, 1.165) is 60.1 Å². The van der Waals surface area contributed by atoms with Gasteiger partial charge in [-0.05, 0) is 49.6 Å². The Bertz CT molecular complexity index is 1010. The van der Waals surface area contributed by atoms with Gasteiger partial charge in [-0.15, -0.1) is 0 Å². The van der Waals surface area contributed by atoms with E-state index < -0.39 is 0 Å². The number of rotatable bonds is 8. The molecule has 30 heavy (non-hydrogen) atoms. The third kappa shape index (κ3) is 4.59. The van der Waals surface area contributed by atoms with Gasteiger partial charge >= 0.3 is 0 Å². The SMILES string of the molecule is CCCCCN(Cc1nc2cccnc2n1C1CCCC1)C(=O)c1cccc(Br)c1. The van der Waals surface area contributed by atoms with Crippen molar-refractivity contribution in [3.8, 4) is 0 Å². The van der Waals surface area contributed by atoms with Gasteiger partial charge in [0.05, 0.1) is 6.54 Å². The van der Waals surface area contributed by atoms with Gasteiger partial charge < -0.3 is 9.47 Å². The minimum Gasteiger partial charge on any atom is -0.331 e. The molecule has 0 aliphatic heterocycles. The summed E-state index contributed by atoms with van der Waals surface area (Å²) in [6.07, 6.45) is 9.88. The second-order valence-corrected chi connectivity index (χ2v) is 9.04. The average molecular weight is 469 g/mol. The summed E-state index contributed by atoms with van der Waals surface area (Å²) in [5.41, 5.74) is 2.58. The minimum atomic E-state index is 0.0605. The normalized spacial score (nSPS) is 14.5. The highest BCUT2D eigenvalue weighted by Gasteiger charge is 2.26. The Balaban J connectivity index is 1.67. The van der Waals surface area contributed by atoms with Gasteiger partial charge in [-0.2, -0.15) is 0 Å². The molecule has 3 aromatic rings. The molecule has 0 bridgehead atoms. The first-order chi connectivity index (χ1) is 14.7. The molecular formula is C24H29BrN4O. The number of aromatic nitrogens is 3. The number of benzene rings is 1. The number of nitrogens with zero attached hydrogens (tertiary/aromatic N) is 4. The molecule has 0 unspecified atom stereocenters. The van der Waals surface area contributed by atoms with Gasteiger partial charge in [-0.3, -0.25) is 4.79 Å². The molecule has 0 N–H and O–H groups in total. The largest absolute Gasteiger partial charge is 0.331 e. The Kier molecular flexibility index (Phi) is 6.82. The molecule has 0 atom stereocenters. The molecule has 158 valence electrons. The zero-order valence-corrected chi connectivity index (χ0v) is 19.1. The number of imidazole rings is 1. The van der Waals surface area contributed by atoms with Gasteiger partial charge in [-0.1, -0.05) is 54.6 Å². The van der Waals surface area contributed by atoms with Crippen LogP contribution in [0.25, 0.3) is 11.2 Å². The molecule has 5 nitrogen and oxygen atoms in total. The third-order valence-electron chi connectivity index (χ3n) is 5.93. The van der Waals surface area contributed by atoms with Crippen LogP contribution in [0.5, 0.6) is 0 Å². The average Bonchev–Trinajstić information content (AvgIpc) is 3.39. The Morgan fingerprint density at radius 2 is 2.03 bits per heavy atom. The number of halogens is 1. The summed E-state index contributed by atoms with van der Waals surface area (Å²) < 4.78 is 3.23. The van der Waals surface area contributed by atoms with E-state index in [0.29, 0.717) is 18.2 Å². The van der Waals surface area contributed by atoms with Gasteiger partial charge in [0.25, 0.3) is 5.91 Å². The standard InChI is InChI=1S/C24H29BrN4O/c1-2-3-6-15-28(24(30)18-9-7-10-19(25)16-18)17-22-27-21-13-8-14-26-23(21)29(22)20-11-4-5-12-20/h7-10,13-14,16,20H,2-6,11-12,15,17H2,1H3. The van der Waals surface area contributed by atoms with E-state index in [1.165, 1.54) is 12.8 Å². The second kappa shape index (κ2) is 9.73. The lowest BCUT2D eigenvalue weighted by molar-refractivity contribution is 0.0733. The molecule has 1 fully saturated rings. The molecule has 1 aliphatic rings. The highest BCUT2D eigenvalue weighted by atomic mass is 79.9. The van der Waals surface area contributed by atoms with E-state index in [1.54, 1.807) is 0 Å². The minimum absolute atomic E-state index is 0.0605. The molecule has 0 spiro atoms. The highest BCUT2D eigenvalue weighted by molar-refractivity contribution is 9.10. The summed E-state index contributed by atoms with van der Waals surface area (Å²) in [7, 11) is 0. The smallest absolute Gasteiger partial charge is 0.254 e. The third-order valence-corrected chi connectivity index (χ3v) is 6.43. The second-order valence-electron chi connectivity index (χ2n) is 8.13. The van der Waals surface area contributed by atoms with E-state index >= 15 is 0 Å². The Morgan fingerprint density at radius 1 is 1.20 bits per heavy atom. The number of hydrogen-bond acceptors (Lipinski definition) is 3. The van der Waals surface area contributed by atoms with Crippen LogP contribution in [0.4, 0.5) is 0 Å². The first-order valence-electron chi connectivity index (χ1n) is 11.0. The topological polar surface area (TPSA) is 51.0 Å². The predicted octanol–water partition coefficient (Wildman–Crippen LogP) is 6.14. The summed E-state index contributed by atoms with van der Waals surface area (Å²) in [6.45, 7) is 3.44. The van der Waals surface area contributed by atoms with E-state index in [2.05, 4.69) is 32.4 Å². The van der Waals surface area contributed by atoms with Crippen LogP contribution in [0.15, 0.2) is 47.1 Å². The van der Waals surface area contributed by atoms with Gasteiger partial charge in [-0.25, -0.2) is 9.97 Å². The van der Waals surface area contributed by atoms with Crippen molar-refractivity contribution in [3.05, 3.63) is 58.5 Å². The van der Waals surface area contributed by atoms with Crippen LogP contribution in [0.2, 0.25) is 0 Å². The maximum atomic E-state index is 13.4. The van der Waals surface area contributed by atoms with Crippen LogP contribution in [-0.2, 0) is 6.54 Å². The van der Waals surface area contributed by atoms with Crippen LogP contribution < -0.4 is 0 Å². The zero-order valence-electron chi connectivity index (χ0n) is 17.6. The molecule has 0 saturated heterocycles. The van der Waals surface area contributed by atoms with Crippen molar-refractivity contribution in [2.45, 2.75) is 64.5 Å². The van der Waals surface area contributed by atoms with Crippen molar-refractivity contribution in [2.24, 2.45) is 0 Å². The van der Waals surface area contributed by atoms with Crippen LogP contribution in [0.3, 0.4) is 0 Å². The van der Waals surface area contributed by atoms with Crippen LogP contribution in [-0.4, -0.2) is 31.9 Å². The molecule has 4 rings (SSSR count). The number of amides is 1. The first kappa shape index (κ1) is 21.0. The fourth-order valence-corrected chi connectivity index (χ4v) is 4.81. The van der Waals surface area contributed by atoms with Crippen LogP contribution >= 0.6 is 15.9 Å². The summed E-state index contributed by atoms with van der Waals surface area (Å²) in [5.74, 6) is 1.01. The highest BCUT2D eigenvalue weighted by Crippen LogP contribution is 2.33. The lowest BCUT2D eigenvalue weighted by Gasteiger charge is -2.24. The number of unbranched alkanes of at least 4 members (excludes halogenated alkanes) is 2.